The zero-order chi connectivity index (χ0) is 10.6. The molecule has 1 rings (SSSR count). The molecule has 0 saturated carbocycles. The van der Waals surface area contributed by atoms with Crippen LogP contribution in [0.25, 0.3) is 0 Å². The number of benzene rings is 1. The van der Waals surface area contributed by atoms with Crippen molar-refractivity contribution in [3.05, 3.63) is 29.8 Å². The average Bonchev–Trinajstić information content (AvgIpc) is 2.02. The number of rotatable bonds is 3. The van der Waals surface area contributed by atoms with Crippen LogP contribution in [0, 0.1) is 0 Å². The first-order chi connectivity index (χ1) is 6.51. The normalized spacial score (nSPS) is 11.4. The van der Waals surface area contributed by atoms with Gasteiger partial charge in [0.2, 0.25) is 0 Å². The lowest BCUT2D eigenvalue weighted by molar-refractivity contribution is -0.274. The molecule has 1 aromatic carbocycles. The fourth-order valence-electron chi connectivity index (χ4n) is 0.944. The van der Waals surface area contributed by atoms with Crippen LogP contribution in [0.5, 0.6) is 5.75 Å². The Kier molecular flexibility index (Phi) is 3.65. The van der Waals surface area contributed by atoms with E-state index in [0.717, 1.165) is 0 Å². The highest BCUT2D eigenvalue weighted by molar-refractivity contribution is 7.78. The quantitative estimate of drug-likeness (QED) is 0.768. The molecule has 2 nitrogen and oxygen atoms in total. The number of alkyl halides is 3. The van der Waals surface area contributed by atoms with Crippen molar-refractivity contribution < 1.29 is 17.9 Å². The molecule has 1 aromatic rings. The van der Waals surface area contributed by atoms with Crippen molar-refractivity contribution in [2.24, 2.45) is 0 Å². The van der Waals surface area contributed by atoms with Crippen molar-refractivity contribution in [3.8, 4) is 5.75 Å². The predicted octanol–water partition coefficient (Wildman–Crippen LogP) is 2.52. The Morgan fingerprint density at radius 1 is 1.36 bits per heavy atom. The van der Waals surface area contributed by atoms with E-state index in [4.69, 9.17) is 0 Å². The first-order valence-corrected chi connectivity index (χ1v) is 4.17. The maximum Gasteiger partial charge on any atom is 0.573 e. The van der Waals surface area contributed by atoms with Crippen molar-refractivity contribution in [2.45, 2.75) is 12.9 Å². The van der Waals surface area contributed by atoms with Gasteiger partial charge in [-0.1, -0.05) is 24.9 Å². The SMILES string of the molecule is FC(F)(F)Oc1cccc(CNS)c1. The summed E-state index contributed by atoms with van der Waals surface area (Å²) in [5.41, 5.74) is 0.668. The second kappa shape index (κ2) is 4.56. The number of nitrogens with one attached hydrogen (secondary N) is 1. The molecule has 78 valence electrons. The lowest BCUT2D eigenvalue weighted by Crippen LogP contribution is -2.17. The lowest BCUT2D eigenvalue weighted by Gasteiger charge is -2.09. The van der Waals surface area contributed by atoms with Gasteiger partial charge in [-0.3, -0.25) is 4.72 Å². The number of thiol groups is 1. The molecule has 0 aliphatic carbocycles. The van der Waals surface area contributed by atoms with Crippen molar-refractivity contribution in [3.63, 3.8) is 0 Å². The minimum Gasteiger partial charge on any atom is -0.406 e. The predicted molar refractivity (Wildman–Crippen MR) is 49.0 cm³/mol. The summed E-state index contributed by atoms with van der Waals surface area (Å²) in [6, 6.07) is 5.71. The van der Waals surface area contributed by atoms with Gasteiger partial charge in [-0.25, -0.2) is 0 Å². The Morgan fingerprint density at radius 2 is 2.07 bits per heavy atom. The average molecular weight is 223 g/mol. The van der Waals surface area contributed by atoms with E-state index in [9.17, 15) is 13.2 Å². The first kappa shape index (κ1) is 11.2. The topological polar surface area (TPSA) is 21.3 Å². The van der Waals surface area contributed by atoms with Gasteiger partial charge in [-0.2, -0.15) is 0 Å². The van der Waals surface area contributed by atoms with Gasteiger partial charge in [0, 0.05) is 6.54 Å². The molecule has 6 heteroatoms. The van der Waals surface area contributed by atoms with Crippen LogP contribution in [0.1, 0.15) is 5.56 Å². The highest BCUT2D eigenvalue weighted by Crippen LogP contribution is 2.23. The molecule has 0 aliphatic heterocycles. The number of halogens is 3. The van der Waals surface area contributed by atoms with Gasteiger partial charge in [-0.05, 0) is 17.7 Å². The number of hydrogen-bond donors (Lipinski definition) is 2. The summed E-state index contributed by atoms with van der Waals surface area (Å²) in [6.45, 7) is 0.373. The summed E-state index contributed by atoms with van der Waals surface area (Å²) in [6.07, 6.45) is -4.65. The van der Waals surface area contributed by atoms with Crippen molar-refractivity contribution in [1.29, 1.82) is 0 Å². The molecule has 0 fully saturated rings. The van der Waals surface area contributed by atoms with Crippen LogP contribution in [0.2, 0.25) is 0 Å². The molecule has 0 spiro atoms. The summed E-state index contributed by atoms with van der Waals surface area (Å²) < 4.78 is 41.7. The fraction of sp³-hybridized carbons (Fsp3) is 0.250. The van der Waals surface area contributed by atoms with Gasteiger partial charge in [-0.15, -0.1) is 13.2 Å². The van der Waals surface area contributed by atoms with Gasteiger partial charge in [0.05, 0.1) is 0 Å². The Hall–Kier alpha value is -0.880. The standard InChI is InChI=1S/C8H8F3NOS/c9-8(10,11)13-7-3-1-2-6(4-7)5-12-14/h1-4,12,14H,5H2. The minimum atomic E-state index is -4.65. The summed E-state index contributed by atoms with van der Waals surface area (Å²) in [5, 5.41) is 0. The molecule has 14 heavy (non-hydrogen) atoms. The van der Waals surface area contributed by atoms with E-state index in [1.165, 1.54) is 18.2 Å². The van der Waals surface area contributed by atoms with Crippen LogP contribution in [0.15, 0.2) is 24.3 Å². The van der Waals surface area contributed by atoms with Crippen molar-refractivity contribution >= 4 is 12.8 Å². The molecule has 0 amide bonds. The summed E-state index contributed by atoms with van der Waals surface area (Å²) in [4.78, 5) is 0. The van der Waals surface area contributed by atoms with Crippen LogP contribution in [0.3, 0.4) is 0 Å². The molecular weight excluding hydrogens is 215 g/mol. The molecule has 0 unspecified atom stereocenters. The molecule has 0 radical (unpaired) electrons. The van der Waals surface area contributed by atoms with E-state index >= 15 is 0 Å². The van der Waals surface area contributed by atoms with E-state index in [0.29, 0.717) is 12.1 Å². The third-order valence-corrected chi connectivity index (χ3v) is 1.57. The fourth-order valence-corrected chi connectivity index (χ4v) is 1.13. The van der Waals surface area contributed by atoms with Gasteiger partial charge >= 0.3 is 6.36 Å². The smallest absolute Gasteiger partial charge is 0.406 e. The Balaban J connectivity index is 2.73. The molecule has 0 aromatic heterocycles. The number of ether oxygens (including phenoxy) is 1. The molecule has 0 bridgehead atoms. The van der Waals surface area contributed by atoms with Crippen LogP contribution >= 0.6 is 12.8 Å². The van der Waals surface area contributed by atoms with Gasteiger partial charge in [0.1, 0.15) is 5.75 Å². The van der Waals surface area contributed by atoms with E-state index in [1.54, 1.807) is 6.07 Å². The molecule has 0 saturated heterocycles. The van der Waals surface area contributed by atoms with Crippen molar-refractivity contribution in [1.82, 2.24) is 4.72 Å². The van der Waals surface area contributed by atoms with E-state index < -0.39 is 6.36 Å². The largest absolute Gasteiger partial charge is 0.573 e. The second-order valence-corrected chi connectivity index (χ2v) is 2.85. The van der Waals surface area contributed by atoms with Crippen molar-refractivity contribution in [2.75, 3.05) is 0 Å². The highest BCUT2D eigenvalue weighted by atomic mass is 32.1. The highest BCUT2D eigenvalue weighted by Gasteiger charge is 2.30. The monoisotopic (exact) mass is 223 g/mol. The van der Waals surface area contributed by atoms with E-state index in [-0.39, 0.29) is 5.75 Å². The molecule has 1 N–H and O–H groups in total. The third kappa shape index (κ3) is 3.89. The van der Waals surface area contributed by atoms with E-state index in [1.807, 2.05) is 0 Å². The van der Waals surface area contributed by atoms with Crippen LogP contribution in [-0.2, 0) is 6.54 Å². The van der Waals surface area contributed by atoms with Gasteiger partial charge in [0.15, 0.2) is 0 Å². The second-order valence-electron chi connectivity index (χ2n) is 2.53. The minimum absolute atomic E-state index is 0.224. The zero-order valence-corrected chi connectivity index (χ0v) is 7.90. The summed E-state index contributed by atoms with van der Waals surface area (Å²) >= 11 is 3.74. The lowest BCUT2D eigenvalue weighted by atomic mass is 10.2. The third-order valence-electron chi connectivity index (χ3n) is 1.42. The maximum atomic E-state index is 11.8. The first-order valence-electron chi connectivity index (χ1n) is 3.73. The summed E-state index contributed by atoms with van der Waals surface area (Å²) in [7, 11) is 0. The zero-order valence-electron chi connectivity index (χ0n) is 7.01. The molecule has 0 atom stereocenters. The van der Waals surface area contributed by atoms with Gasteiger partial charge < -0.3 is 4.74 Å². The van der Waals surface area contributed by atoms with Crippen LogP contribution in [0.4, 0.5) is 13.2 Å². The number of hydrogen-bond acceptors (Lipinski definition) is 3. The molecular formula is C8H8F3NOS. The molecule has 0 aliphatic rings. The summed E-state index contributed by atoms with van der Waals surface area (Å²) in [5.74, 6) is -0.224. The van der Waals surface area contributed by atoms with Crippen LogP contribution in [-0.4, -0.2) is 6.36 Å². The molecule has 0 heterocycles. The maximum absolute atomic E-state index is 11.8. The Bertz CT molecular complexity index is 303. The van der Waals surface area contributed by atoms with Crippen LogP contribution < -0.4 is 9.46 Å². The van der Waals surface area contributed by atoms with E-state index in [2.05, 4.69) is 22.3 Å². The van der Waals surface area contributed by atoms with Gasteiger partial charge in [0.25, 0.3) is 0 Å². The Morgan fingerprint density at radius 3 is 2.64 bits per heavy atom. The Labute approximate surface area is 84.6 Å².